The van der Waals surface area contributed by atoms with E-state index < -0.39 is 0 Å². The van der Waals surface area contributed by atoms with E-state index in [0.29, 0.717) is 12.5 Å². The molecule has 1 rings (SSSR count). The van der Waals surface area contributed by atoms with Gasteiger partial charge in [0.1, 0.15) is 0 Å². The third-order valence-electron chi connectivity index (χ3n) is 2.13. The second-order valence-corrected chi connectivity index (χ2v) is 3.95. The lowest BCUT2D eigenvalue weighted by Gasteiger charge is -2.04. The zero-order valence-corrected chi connectivity index (χ0v) is 10.8. The van der Waals surface area contributed by atoms with Crippen LogP contribution in [0.4, 0.5) is 0 Å². The largest absolute Gasteiger partial charge is 0.359 e. The van der Waals surface area contributed by atoms with E-state index in [1.165, 1.54) is 17.1 Å². The molecule has 0 saturated heterocycles. The summed E-state index contributed by atoms with van der Waals surface area (Å²) in [5.41, 5.74) is 2.30. The molecule has 6 nitrogen and oxygen atoms in total. The summed E-state index contributed by atoms with van der Waals surface area (Å²) >= 11 is 1.47. The SMILES string of the molecule is CN/C(=N/CCNCc1csnc1C)NC#N. The number of hydrogen-bond acceptors (Lipinski definition) is 5. The van der Waals surface area contributed by atoms with Crippen LogP contribution in [-0.2, 0) is 6.54 Å². The van der Waals surface area contributed by atoms with Crippen LogP contribution in [-0.4, -0.2) is 30.5 Å². The fourth-order valence-corrected chi connectivity index (χ4v) is 1.90. The van der Waals surface area contributed by atoms with Gasteiger partial charge in [0.25, 0.3) is 0 Å². The van der Waals surface area contributed by atoms with Gasteiger partial charge in [-0.2, -0.15) is 9.64 Å². The minimum Gasteiger partial charge on any atom is -0.359 e. The lowest BCUT2D eigenvalue weighted by Crippen LogP contribution is -2.32. The summed E-state index contributed by atoms with van der Waals surface area (Å²) in [5.74, 6) is 0.489. The first kappa shape index (κ1) is 13.4. The van der Waals surface area contributed by atoms with Crippen molar-refractivity contribution in [3.8, 4) is 6.19 Å². The first-order valence-corrected chi connectivity index (χ1v) is 6.09. The van der Waals surface area contributed by atoms with Gasteiger partial charge in [-0.1, -0.05) is 0 Å². The monoisotopic (exact) mass is 252 g/mol. The third kappa shape index (κ3) is 4.80. The molecule has 7 heteroatoms. The van der Waals surface area contributed by atoms with E-state index in [1.807, 2.05) is 18.5 Å². The van der Waals surface area contributed by atoms with Crippen molar-refractivity contribution in [2.75, 3.05) is 20.1 Å². The number of aliphatic imine (C=N–C) groups is 1. The molecule has 0 amide bonds. The molecule has 0 aromatic carbocycles. The topological polar surface area (TPSA) is 85.1 Å². The number of rotatable bonds is 5. The van der Waals surface area contributed by atoms with E-state index in [1.54, 1.807) is 7.05 Å². The van der Waals surface area contributed by atoms with Crippen LogP contribution in [0.25, 0.3) is 0 Å². The summed E-state index contributed by atoms with van der Waals surface area (Å²) in [5, 5.41) is 19.0. The maximum absolute atomic E-state index is 8.42. The molecule has 0 radical (unpaired) electrons. The van der Waals surface area contributed by atoms with Crippen LogP contribution in [0.3, 0.4) is 0 Å². The Morgan fingerprint density at radius 1 is 1.65 bits per heavy atom. The van der Waals surface area contributed by atoms with Crippen molar-refractivity contribution in [3.63, 3.8) is 0 Å². The highest BCUT2D eigenvalue weighted by atomic mass is 32.1. The highest BCUT2D eigenvalue weighted by Gasteiger charge is 1.99. The Balaban J connectivity index is 2.20. The smallest absolute Gasteiger partial charge is 0.204 e. The maximum atomic E-state index is 8.42. The van der Waals surface area contributed by atoms with Crippen molar-refractivity contribution in [2.45, 2.75) is 13.5 Å². The number of nitriles is 1. The Morgan fingerprint density at radius 3 is 3.06 bits per heavy atom. The summed E-state index contributed by atoms with van der Waals surface area (Å²) in [6.45, 7) is 4.18. The Bertz CT molecular complexity index is 405. The molecule has 0 atom stereocenters. The average molecular weight is 252 g/mol. The zero-order chi connectivity index (χ0) is 12.5. The van der Waals surface area contributed by atoms with Gasteiger partial charge in [0, 0.05) is 25.5 Å². The van der Waals surface area contributed by atoms with Gasteiger partial charge < -0.3 is 10.6 Å². The Morgan fingerprint density at radius 2 is 2.47 bits per heavy atom. The van der Waals surface area contributed by atoms with Crippen molar-refractivity contribution in [1.82, 2.24) is 20.3 Å². The van der Waals surface area contributed by atoms with Crippen LogP contribution in [0.15, 0.2) is 10.4 Å². The highest BCUT2D eigenvalue weighted by molar-refractivity contribution is 7.03. The Hall–Kier alpha value is -1.65. The molecule has 1 heterocycles. The van der Waals surface area contributed by atoms with Crippen molar-refractivity contribution in [3.05, 3.63) is 16.6 Å². The fraction of sp³-hybridized carbons (Fsp3) is 0.500. The molecule has 1 aromatic rings. The predicted molar refractivity (Wildman–Crippen MR) is 68.7 cm³/mol. The van der Waals surface area contributed by atoms with Gasteiger partial charge in [0.05, 0.1) is 12.2 Å². The molecule has 17 heavy (non-hydrogen) atoms. The second kappa shape index (κ2) is 7.60. The van der Waals surface area contributed by atoms with Gasteiger partial charge >= 0.3 is 0 Å². The number of nitrogens with one attached hydrogen (secondary N) is 3. The van der Waals surface area contributed by atoms with Gasteiger partial charge in [0.15, 0.2) is 6.19 Å². The first-order chi connectivity index (χ1) is 8.27. The lowest BCUT2D eigenvalue weighted by molar-refractivity contribution is 0.691. The maximum Gasteiger partial charge on any atom is 0.204 e. The average Bonchev–Trinajstić information content (AvgIpc) is 2.73. The van der Waals surface area contributed by atoms with Crippen LogP contribution >= 0.6 is 11.5 Å². The highest BCUT2D eigenvalue weighted by Crippen LogP contribution is 2.07. The van der Waals surface area contributed by atoms with Crippen molar-refractivity contribution < 1.29 is 0 Å². The summed E-state index contributed by atoms with van der Waals surface area (Å²) in [6, 6.07) is 0. The van der Waals surface area contributed by atoms with Crippen LogP contribution in [0, 0.1) is 18.4 Å². The van der Waals surface area contributed by atoms with Crippen molar-refractivity contribution >= 4 is 17.5 Å². The molecule has 0 fully saturated rings. The molecule has 0 spiro atoms. The first-order valence-electron chi connectivity index (χ1n) is 5.25. The lowest BCUT2D eigenvalue weighted by atomic mass is 10.3. The number of aryl methyl sites for hydroxylation is 1. The summed E-state index contributed by atoms with van der Waals surface area (Å²) in [6.07, 6.45) is 1.82. The molecule has 92 valence electrons. The van der Waals surface area contributed by atoms with Gasteiger partial charge in [-0.25, -0.2) is 0 Å². The molecule has 0 aliphatic heterocycles. The summed E-state index contributed by atoms with van der Waals surface area (Å²) < 4.78 is 4.20. The molecule has 0 aliphatic rings. The van der Waals surface area contributed by atoms with Crippen LogP contribution in [0.1, 0.15) is 11.3 Å². The van der Waals surface area contributed by atoms with E-state index >= 15 is 0 Å². The minimum atomic E-state index is 0.489. The molecule has 0 unspecified atom stereocenters. The second-order valence-electron chi connectivity index (χ2n) is 3.32. The van der Waals surface area contributed by atoms with E-state index in [0.717, 1.165) is 18.8 Å². The van der Waals surface area contributed by atoms with Crippen molar-refractivity contribution in [1.29, 1.82) is 5.26 Å². The van der Waals surface area contributed by atoms with Gasteiger partial charge in [0.2, 0.25) is 5.96 Å². The number of hydrogen-bond donors (Lipinski definition) is 3. The molecule has 3 N–H and O–H groups in total. The molecule has 0 bridgehead atoms. The van der Waals surface area contributed by atoms with Crippen LogP contribution < -0.4 is 16.0 Å². The van der Waals surface area contributed by atoms with Gasteiger partial charge in [-0.05, 0) is 24.0 Å². The van der Waals surface area contributed by atoms with Crippen LogP contribution in [0.5, 0.6) is 0 Å². The molecule has 0 aliphatic carbocycles. The number of guanidine groups is 1. The van der Waals surface area contributed by atoms with Gasteiger partial charge in [-0.15, -0.1) is 0 Å². The zero-order valence-electron chi connectivity index (χ0n) is 9.95. The standard InChI is InChI=1S/C10H16N6S/c1-8-9(6-17-16-8)5-13-3-4-14-10(12-2)15-7-11/h6,13H,3-5H2,1-2H3,(H2,12,14,15). The summed E-state index contributed by atoms with van der Waals surface area (Å²) in [4.78, 5) is 4.17. The van der Waals surface area contributed by atoms with E-state index in [9.17, 15) is 0 Å². The molecule has 1 aromatic heterocycles. The van der Waals surface area contributed by atoms with E-state index in [2.05, 4.69) is 25.3 Å². The molecular weight excluding hydrogens is 236 g/mol. The normalized spacial score (nSPS) is 11.0. The number of aromatic nitrogens is 1. The Labute approximate surface area is 105 Å². The third-order valence-corrected chi connectivity index (χ3v) is 2.90. The molecule has 0 saturated carbocycles. The predicted octanol–water partition coefficient (Wildman–Crippen LogP) is 0.187. The Kier molecular flexibility index (Phi) is 5.99. The van der Waals surface area contributed by atoms with Gasteiger partial charge in [-0.3, -0.25) is 10.3 Å². The summed E-state index contributed by atoms with van der Waals surface area (Å²) in [7, 11) is 1.72. The van der Waals surface area contributed by atoms with E-state index in [-0.39, 0.29) is 0 Å². The fourth-order valence-electron chi connectivity index (χ4n) is 1.19. The van der Waals surface area contributed by atoms with Crippen LogP contribution in [0.2, 0.25) is 0 Å². The van der Waals surface area contributed by atoms with E-state index in [4.69, 9.17) is 5.26 Å². The molecular formula is C10H16N6S. The van der Waals surface area contributed by atoms with Crippen molar-refractivity contribution in [2.24, 2.45) is 4.99 Å². The number of nitrogens with zero attached hydrogens (tertiary/aromatic N) is 3. The quantitative estimate of drug-likeness (QED) is 0.229. The minimum absolute atomic E-state index is 0.489.